The number of nitrogens with one attached hydrogen (secondary N) is 1. The van der Waals surface area contributed by atoms with Gasteiger partial charge in [-0.15, -0.1) is 0 Å². The lowest BCUT2D eigenvalue weighted by molar-refractivity contribution is -0.122. The zero-order chi connectivity index (χ0) is 18.5. The molecule has 0 aromatic heterocycles. The molecule has 0 aliphatic carbocycles. The van der Waals surface area contributed by atoms with Crippen LogP contribution in [0.5, 0.6) is 5.75 Å². The number of carbonyl (C=O) groups excluding carboxylic acids is 2. The quantitative estimate of drug-likeness (QED) is 0.648. The number of benzene rings is 2. The molecule has 0 saturated carbocycles. The summed E-state index contributed by atoms with van der Waals surface area (Å²) in [6, 6.07) is 14.2. The van der Waals surface area contributed by atoms with Crippen molar-refractivity contribution in [3.63, 3.8) is 0 Å². The molecule has 7 heteroatoms. The molecule has 1 aliphatic rings. The van der Waals surface area contributed by atoms with Gasteiger partial charge in [-0.1, -0.05) is 0 Å². The van der Waals surface area contributed by atoms with Crippen LogP contribution < -0.4 is 15.0 Å². The van der Waals surface area contributed by atoms with Crippen LogP contribution in [0.3, 0.4) is 0 Å². The smallest absolute Gasteiger partial charge is 0.229 e. The van der Waals surface area contributed by atoms with Crippen LogP contribution in [-0.2, 0) is 9.59 Å². The summed E-state index contributed by atoms with van der Waals surface area (Å²) in [5.74, 6) is 0.0524. The lowest BCUT2D eigenvalue weighted by atomic mass is 10.1. The molecule has 0 spiro atoms. The van der Waals surface area contributed by atoms with Gasteiger partial charge in [0.15, 0.2) is 0 Å². The van der Waals surface area contributed by atoms with Crippen molar-refractivity contribution in [1.29, 1.82) is 5.26 Å². The number of rotatable bonds is 5. The van der Waals surface area contributed by atoms with Crippen LogP contribution in [0, 0.1) is 16.6 Å². The van der Waals surface area contributed by atoms with E-state index in [0.29, 0.717) is 18.0 Å². The van der Waals surface area contributed by atoms with Crippen LogP contribution in [0.15, 0.2) is 53.4 Å². The number of ether oxygens (including phenoxy) is 1. The molecule has 1 N–H and O–H groups in total. The van der Waals surface area contributed by atoms with Crippen LogP contribution in [-0.4, -0.2) is 25.5 Å². The monoisotopic (exact) mass is 367 g/mol. The maximum absolute atomic E-state index is 12.5. The molecule has 26 heavy (non-hydrogen) atoms. The third-order valence-electron chi connectivity index (χ3n) is 4.17. The minimum atomic E-state index is -0.405. The van der Waals surface area contributed by atoms with Gasteiger partial charge in [-0.2, -0.15) is 5.26 Å². The second-order valence-corrected chi connectivity index (χ2v) is 6.67. The first-order valence-electron chi connectivity index (χ1n) is 8.02. The van der Waals surface area contributed by atoms with Gasteiger partial charge in [0.1, 0.15) is 11.2 Å². The highest BCUT2D eigenvalue weighted by molar-refractivity contribution is 8.03. The van der Waals surface area contributed by atoms with Crippen LogP contribution >= 0.6 is 11.8 Å². The average molecular weight is 367 g/mol. The Morgan fingerprint density at radius 1 is 1.23 bits per heavy atom. The molecule has 2 aromatic rings. The fraction of sp³-hybridized carbons (Fsp3) is 0.211. The van der Waals surface area contributed by atoms with Gasteiger partial charge in [0.2, 0.25) is 11.8 Å². The molecule has 2 amide bonds. The first-order chi connectivity index (χ1) is 12.6. The predicted octanol–water partition coefficient (Wildman–Crippen LogP) is 3.26. The molecule has 0 bridgehead atoms. The molecule has 1 fully saturated rings. The average Bonchev–Trinajstić information content (AvgIpc) is 3.05. The van der Waals surface area contributed by atoms with Crippen LogP contribution in [0.4, 0.5) is 11.4 Å². The van der Waals surface area contributed by atoms with Crippen molar-refractivity contribution in [3.8, 4) is 11.2 Å². The maximum Gasteiger partial charge on any atom is 0.229 e. The highest BCUT2D eigenvalue weighted by Crippen LogP contribution is 2.28. The van der Waals surface area contributed by atoms with E-state index in [-0.39, 0.29) is 18.2 Å². The van der Waals surface area contributed by atoms with E-state index >= 15 is 0 Å². The zero-order valence-corrected chi connectivity index (χ0v) is 15.0. The summed E-state index contributed by atoms with van der Waals surface area (Å²) >= 11 is 1.06. The van der Waals surface area contributed by atoms with Crippen molar-refractivity contribution in [2.75, 3.05) is 23.9 Å². The Bertz CT molecular complexity index is 844. The fourth-order valence-corrected chi connectivity index (χ4v) is 3.18. The normalized spacial score (nSPS) is 16.2. The number of nitrogens with zero attached hydrogens (tertiary/aromatic N) is 2. The summed E-state index contributed by atoms with van der Waals surface area (Å²) in [5, 5.41) is 13.5. The van der Waals surface area contributed by atoms with Gasteiger partial charge in [0.25, 0.3) is 0 Å². The third-order valence-corrected chi connectivity index (χ3v) is 4.76. The Hall–Kier alpha value is -2.98. The fourth-order valence-electron chi connectivity index (χ4n) is 2.80. The van der Waals surface area contributed by atoms with Crippen molar-refractivity contribution < 1.29 is 14.3 Å². The second-order valence-electron chi connectivity index (χ2n) is 5.81. The number of carbonyl (C=O) groups is 2. The first kappa shape index (κ1) is 17.8. The molecule has 1 saturated heterocycles. The molecule has 1 atom stereocenters. The molecule has 3 rings (SSSR count). The molecule has 1 heterocycles. The van der Waals surface area contributed by atoms with Gasteiger partial charge in [-0.3, -0.25) is 9.59 Å². The van der Waals surface area contributed by atoms with E-state index in [2.05, 4.69) is 5.32 Å². The lowest BCUT2D eigenvalue weighted by Crippen LogP contribution is -2.28. The molecule has 1 aliphatic heterocycles. The number of nitriles is 1. The largest absolute Gasteiger partial charge is 0.497 e. The minimum Gasteiger partial charge on any atom is -0.497 e. The van der Waals surface area contributed by atoms with Crippen molar-refractivity contribution >= 4 is 35.0 Å². The van der Waals surface area contributed by atoms with E-state index in [4.69, 9.17) is 10.00 Å². The van der Waals surface area contributed by atoms with Gasteiger partial charge in [0, 0.05) is 29.2 Å². The number of thioether (sulfide) groups is 1. The highest BCUT2D eigenvalue weighted by Gasteiger charge is 2.35. The van der Waals surface area contributed by atoms with Crippen molar-refractivity contribution in [3.05, 3.63) is 48.5 Å². The lowest BCUT2D eigenvalue weighted by Gasteiger charge is -2.17. The standard InChI is InChI=1S/C19H17N3O3S/c1-25-16-6-4-15(5-7-16)22-11-13(10-18(22)23)19(24)21-14-2-8-17(9-3-14)26-12-20/h2-9,13H,10-11H2,1H3,(H,21,24). The molecule has 1 unspecified atom stereocenters. The Kier molecular flexibility index (Phi) is 5.44. The summed E-state index contributed by atoms with van der Waals surface area (Å²) in [6.45, 7) is 0.347. The number of anilines is 2. The number of thiocyanates is 1. The third kappa shape index (κ3) is 3.98. The van der Waals surface area contributed by atoms with E-state index in [9.17, 15) is 9.59 Å². The Morgan fingerprint density at radius 3 is 2.54 bits per heavy atom. The summed E-state index contributed by atoms with van der Waals surface area (Å²) < 4.78 is 5.12. The molecule has 6 nitrogen and oxygen atoms in total. The van der Waals surface area contributed by atoms with E-state index in [1.807, 2.05) is 17.5 Å². The summed E-state index contributed by atoms with van der Waals surface area (Å²) in [7, 11) is 1.59. The van der Waals surface area contributed by atoms with E-state index in [1.165, 1.54) is 0 Å². The summed E-state index contributed by atoms with van der Waals surface area (Å²) in [5.41, 5.74) is 1.40. The van der Waals surface area contributed by atoms with Gasteiger partial charge in [-0.25, -0.2) is 0 Å². The van der Waals surface area contributed by atoms with E-state index < -0.39 is 5.92 Å². The topological polar surface area (TPSA) is 82.4 Å². The Balaban J connectivity index is 1.63. The number of amides is 2. The van der Waals surface area contributed by atoms with Crippen molar-refractivity contribution in [2.24, 2.45) is 5.92 Å². The SMILES string of the molecule is COc1ccc(N2CC(C(=O)Nc3ccc(SC#N)cc3)CC2=O)cc1. The number of methoxy groups -OCH3 is 1. The minimum absolute atomic E-state index is 0.0731. The van der Waals surface area contributed by atoms with Gasteiger partial charge in [-0.05, 0) is 60.3 Å². The Labute approximate surface area is 155 Å². The van der Waals surface area contributed by atoms with Crippen LogP contribution in [0.1, 0.15) is 6.42 Å². The van der Waals surface area contributed by atoms with Crippen molar-refractivity contribution in [2.45, 2.75) is 11.3 Å². The van der Waals surface area contributed by atoms with Gasteiger partial charge in [0.05, 0.1) is 13.0 Å². The van der Waals surface area contributed by atoms with Crippen LogP contribution in [0.25, 0.3) is 0 Å². The van der Waals surface area contributed by atoms with Gasteiger partial charge >= 0.3 is 0 Å². The number of hydrogen-bond donors (Lipinski definition) is 1. The summed E-state index contributed by atoms with van der Waals surface area (Å²) in [6.07, 6.45) is 0.181. The molecular weight excluding hydrogens is 350 g/mol. The van der Waals surface area contributed by atoms with Crippen molar-refractivity contribution in [1.82, 2.24) is 0 Å². The molecule has 2 aromatic carbocycles. The molecule has 132 valence electrons. The summed E-state index contributed by atoms with van der Waals surface area (Å²) in [4.78, 5) is 27.2. The predicted molar refractivity (Wildman–Crippen MR) is 100.0 cm³/mol. The van der Waals surface area contributed by atoms with E-state index in [1.54, 1.807) is 48.4 Å². The molecular formula is C19H17N3O3S. The highest BCUT2D eigenvalue weighted by atomic mass is 32.2. The zero-order valence-electron chi connectivity index (χ0n) is 14.1. The van der Waals surface area contributed by atoms with E-state index in [0.717, 1.165) is 22.3 Å². The maximum atomic E-state index is 12.5. The molecule has 0 radical (unpaired) electrons. The second kappa shape index (κ2) is 7.93. The first-order valence-corrected chi connectivity index (χ1v) is 8.83. The van der Waals surface area contributed by atoms with Gasteiger partial charge < -0.3 is 15.0 Å². The number of hydrogen-bond acceptors (Lipinski definition) is 5. The van der Waals surface area contributed by atoms with Crippen LogP contribution in [0.2, 0.25) is 0 Å². The Morgan fingerprint density at radius 2 is 1.92 bits per heavy atom.